The van der Waals surface area contributed by atoms with E-state index < -0.39 is 0 Å². The van der Waals surface area contributed by atoms with Crippen LogP contribution >= 0.6 is 12.4 Å². The molecule has 2 rings (SSSR count). The van der Waals surface area contributed by atoms with E-state index in [0.717, 1.165) is 39.0 Å². The number of carbonyl (C=O) groups excluding carboxylic acids is 1. The summed E-state index contributed by atoms with van der Waals surface area (Å²) in [5.74, 6) is 0.634. The second-order valence-corrected chi connectivity index (χ2v) is 4.73. The van der Waals surface area contributed by atoms with Gasteiger partial charge in [-0.3, -0.25) is 4.79 Å². The van der Waals surface area contributed by atoms with E-state index in [0.29, 0.717) is 17.2 Å². The highest BCUT2D eigenvalue weighted by atomic mass is 35.5. The number of hydrogen-bond donors (Lipinski definition) is 2. The van der Waals surface area contributed by atoms with Gasteiger partial charge in [-0.2, -0.15) is 0 Å². The molecule has 0 unspecified atom stereocenters. The summed E-state index contributed by atoms with van der Waals surface area (Å²) in [6.45, 7) is 2.43. The topological polar surface area (TPSA) is 64.4 Å². The number of ether oxygens (including phenoxy) is 1. The molecule has 4 nitrogen and oxygen atoms in total. The van der Waals surface area contributed by atoms with Gasteiger partial charge in [0.25, 0.3) is 5.91 Å². The largest absolute Gasteiger partial charge is 0.399 e. The maximum absolute atomic E-state index is 11.8. The van der Waals surface area contributed by atoms with Gasteiger partial charge in [0, 0.05) is 31.0 Å². The Hall–Kier alpha value is -1.26. The summed E-state index contributed by atoms with van der Waals surface area (Å²) < 4.78 is 5.31. The molecule has 106 valence electrons. The van der Waals surface area contributed by atoms with Gasteiger partial charge in [0.15, 0.2) is 0 Å². The number of benzene rings is 1. The van der Waals surface area contributed by atoms with Crippen LogP contribution in [0, 0.1) is 5.92 Å². The maximum atomic E-state index is 11.8. The SMILES string of the molecule is Cl.Nc1cccc(C(=O)NCCC2CCOCC2)c1. The molecule has 0 spiro atoms. The van der Waals surface area contributed by atoms with Crippen molar-refractivity contribution in [3.05, 3.63) is 29.8 Å². The van der Waals surface area contributed by atoms with Crippen molar-refractivity contribution < 1.29 is 9.53 Å². The number of rotatable bonds is 4. The monoisotopic (exact) mass is 284 g/mol. The zero-order valence-electron chi connectivity index (χ0n) is 10.9. The standard InChI is InChI=1S/C14H20N2O2.ClH/c15-13-3-1-2-12(10-13)14(17)16-7-4-11-5-8-18-9-6-11;/h1-3,10-11H,4-9,15H2,(H,16,17);1H. The summed E-state index contributed by atoms with van der Waals surface area (Å²) in [4.78, 5) is 11.8. The zero-order valence-corrected chi connectivity index (χ0v) is 11.7. The molecule has 0 bridgehead atoms. The summed E-state index contributed by atoms with van der Waals surface area (Å²) in [6.07, 6.45) is 3.24. The average Bonchev–Trinajstić information content (AvgIpc) is 2.40. The molecule has 19 heavy (non-hydrogen) atoms. The van der Waals surface area contributed by atoms with Gasteiger partial charge in [0.05, 0.1) is 0 Å². The fourth-order valence-electron chi connectivity index (χ4n) is 2.21. The van der Waals surface area contributed by atoms with Gasteiger partial charge in [-0.1, -0.05) is 6.07 Å². The number of hydrogen-bond acceptors (Lipinski definition) is 3. The van der Waals surface area contributed by atoms with Crippen LogP contribution in [0.3, 0.4) is 0 Å². The van der Waals surface area contributed by atoms with E-state index >= 15 is 0 Å². The quantitative estimate of drug-likeness (QED) is 0.834. The minimum Gasteiger partial charge on any atom is -0.399 e. The van der Waals surface area contributed by atoms with E-state index in [2.05, 4.69) is 5.32 Å². The lowest BCUT2D eigenvalue weighted by atomic mass is 9.97. The highest BCUT2D eigenvalue weighted by molar-refractivity contribution is 5.94. The fourth-order valence-corrected chi connectivity index (χ4v) is 2.21. The molecule has 0 radical (unpaired) electrons. The Morgan fingerprint density at radius 2 is 2.11 bits per heavy atom. The first-order valence-corrected chi connectivity index (χ1v) is 6.47. The smallest absolute Gasteiger partial charge is 0.251 e. The maximum Gasteiger partial charge on any atom is 0.251 e. The van der Waals surface area contributed by atoms with E-state index in [1.165, 1.54) is 0 Å². The first kappa shape index (κ1) is 15.8. The van der Waals surface area contributed by atoms with Crippen molar-refractivity contribution in [2.45, 2.75) is 19.3 Å². The predicted molar refractivity (Wildman–Crippen MR) is 78.6 cm³/mol. The van der Waals surface area contributed by atoms with Gasteiger partial charge >= 0.3 is 0 Å². The van der Waals surface area contributed by atoms with Crippen LogP contribution in [0.25, 0.3) is 0 Å². The molecule has 0 aliphatic carbocycles. The second-order valence-electron chi connectivity index (χ2n) is 4.73. The van der Waals surface area contributed by atoms with Gasteiger partial charge in [-0.05, 0) is 43.4 Å². The van der Waals surface area contributed by atoms with Crippen molar-refractivity contribution in [2.24, 2.45) is 5.92 Å². The number of carbonyl (C=O) groups is 1. The molecular formula is C14H21ClN2O2. The van der Waals surface area contributed by atoms with Gasteiger partial charge in [0.2, 0.25) is 0 Å². The first-order valence-electron chi connectivity index (χ1n) is 6.47. The highest BCUT2D eigenvalue weighted by Crippen LogP contribution is 2.17. The summed E-state index contributed by atoms with van der Waals surface area (Å²) in [7, 11) is 0. The van der Waals surface area contributed by atoms with Crippen LogP contribution in [0.4, 0.5) is 5.69 Å². The van der Waals surface area contributed by atoms with Crippen LogP contribution in [0.15, 0.2) is 24.3 Å². The van der Waals surface area contributed by atoms with E-state index in [4.69, 9.17) is 10.5 Å². The minimum atomic E-state index is -0.0469. The molecule has 5 heteroatoms. The Kier molecular flexibility index (Phi) is 6.67. The second kappa shape index (κ2) is 8.02. The number of amides is 1. The summed E-state index contributed by atoms with van der Waals surface area (Å²) in [5, 5.41) is 2.94. The predicted octanol–water partition coefficient (Wildman–Crippen LogP) is 2.24. The molecule has 0 atom stereocenters. The number of halogens is 1. The molecule has 0 aromatic heterocycles. The lowest BCUT2D eigenvalue weighted by molar-refractivity contribution is 0.0636. The van der Waals surface area contributed by atoms with E-state index in [9.17, 15) is 4.79 Å². The Morgan fingerprint density at radius 3 is 2.79 bits per heavy atom. The van der Waals surface area contributed by atoms with Crippen molar-refractivity contribution in [1.82, 2.24) is 5.32 Å². The Bertz CT molecular complexity index is 406. The Morgan fingerprint density at radius 1 is 1.37 bits per heavy atom. The minimum absolute atomic E-state index is 0. The van der Waals surface area contributed by atoms with E-state index in [-0.39, 0.29) is 18.3 Å². The summed E-state index contributed by atoms with van der Waals surface area (Å²) in [6, 6.07) is 7.05. The van der Waals surface area contributed by atoms with E-state index in [1.54, 1.807) is 24.3 Å². The first-order chi connectivity index (χ1) is 8.75. The average molecular weight is 285 g/mol. The molecule has 1 heterocycles. The number of anilines is 1. The molecule has 0 saturated carbocycles. The molecule has 1 aromatic rings. The van der Waals surface area contributed by atoms with Gasteiger partial charge in [-0.25, -0.2) is 0 Å². The third-order valence-electron chi connectivity index (χ3n) is 3.33. The van der Waals surface area contributed by atoms with Crippen LogP contribution < -0.4 is 11.1 Å². The van der Waals surface area contributed by atoms with E-state index in [1.807, 2.05) is 0 Å². The van der Waals surface area contributed by atoms with Gasteiger partial charge in [0.1, 0.15) is 0 Å². The molecule has 1 aliphatic rings. The fraction of sp³-hybridized carbons (Fsp3) is 0.500. The van der Waals surface area contributed by atoms with Crippen molar-refractivity contribution in [3.8, 4) is 0 Å². The van der Waals surface area contributed by atoms with Crippen molar-refractivity contribution in [3.63, 3.8) is 0 Å². The number of nitrogens with one attached hydrogen (secondary N) is 1. The Balaban J connectivity index is 0.00000180. The zero-order chi connectivity index (χ0) is 12.8. The number of nitrogen functional groups attached to an aromatic ring is 1. The number of nitrogens with two attached hydrogens (primary N) is 1. The van der Waals surface area contributed by atoms with Crippen molar-refractivity contribution in [1.29, 1.82) is 0 Å². The van der Waals surface area contributed by atoms with Crippen LogP contribution in [0.2, 0.25) is 0 Å². The van der Waals surface area contributed by atoms with Crippen LogP contribution in [0.5, 0.6) is 0 Å². The molecule has 3 N–H and O–H groups in total. The summed E-state index contributed by atoms with van der Waals surface area (Å²) in [5.41, 5.74) is 6.89. The molecule has 1 aromatic carbocycles. The molecule has 1 amide bonds. The normalized spacial score (nSPS) is 15.6. The molecule has 1 fully saturated rings. The summed E-state index contributed by atoms with van der Waals surface area (Å²) >= 11 is 0. The Labute approximate surface area is 120 Å². The molecule has 1 aliphatic heterocycles. The highest BCUT2D eigenvalue weighted by Gasteiger charge is 2.13. The van der Waals surface area contributed by atoms with Crippen LogP contribution in [-0.2, 0) is 4.74 Å². The molecular weight excluding hydrogens is 264 g/mol. The third kappa shape index (κ3) is 5.09. The van der Waals surface area contributed by atoms with Crippen molar-refractivity contribution >= 4 is 24.0 Å². The van der Waals surface area contributed by atoms with Crippen LogP contribution in [0.1, 0.15) is 29.6 Å². The van der Waals surface area contributed by atoms with Gasteiger partial charge in [-0.15, -0.1) is 12.4 Å². The van der Waals surface area contributed by atoms with Crippen molar-refractivity contribution in [2.75, 3.05) is 25.5 Å². The van der Waals surface area contributed by atoms with Gasteiger partial charge < -0.3 is 15.8 Å². The lowest BCUT2D eigenvalue weighted by Crippen LogP contribution is -2.27. The van der Waals surface area contributed by atoms with Crippen LogP contribution in [-0.4, -0.2) is 25.7 Å². The lowest BCUT2D eigenvalue weighted by Gasteiger charge is -2.21. The third-order valence-corrected chi connectivity index (χ3v) is 3.33. The molecule has 1 saturated heterocycles.